The number of carbonyl (C=O) groups excluding carboxylic acids is 5. The Labute approximate surface area is 225 Å². The Hall–Kier alpha value is -4.13. The van der Waals surface area contributed by atoms with Gasteiger partial charge in [0, 0.05) is 17.9 Å². The topological polar surface area (TPSA) is 155 Å². The second-order valence-electron chi connectivity index (χ2n) is 10.7. The van der Waals surface area contributed by atoms with Gasteiger partial charge < -0.3 is 15.9 Å². The van der Waals surface area contributed by atoms with Crippen LogP contribution < -0.4 is 5.73 Å². The summed E-state index contributed by atoms with van der Waals surface area (Å²) in [6.45, 7) is 0. The number of likely N-dealkylation sites (N-methyl/N-ethyl adjacent to an activating group) is 1. The van der Waals surface area contributed by atoms with E-state index in [1.165, 1.54) is 11.0 Å². The van der Waals surface area contributed by atoms with Crippen LogP contribution in [0.25, 0.3) is 0 Å². The molecule has 4 N–H and O–H groups in total. The van der Waals surface area contributed by atoms with Crippen molar-refractivity contribution in [2.24, 2.45) is 29.4 Å². The summed E-state index contributed by atoms with van der Waals surface area (Å²) < 4.78 is 0. The molecule has 1 amide bonds. The van der Waals surface area contributed by atoms with Gasteiger partial charge in [-0.3, -0.25) is 28.9 Å². The molecule has 9 nitrogen and oxygen atoms in total. The molecule has 39 heavy (non-hydrogen) atoms. The summed E-state index contributed by atoms with van der Waals surface area (Å²) in [4.78, 5) is 67.6. The van der Waals surface area contributed by atoms with Gasteiger partial charge in [0.05, 0.1) is 17.5 Å². The summed E-state index contributed by atoms with van der Waals surface area (Å²) in [5.74, 6) is -4.47. The zero-order valence-electron chi connectivity index (χ0n) is 21.5. The van der Waals surface area contributed by atoms with Crippen LogP contribution in [0.5, 0.6) is 5.75 Å². The highest BCUT2D eigenvalue weighted by Crippen LogP contribution is 2.50. The number of hydrogen-bond donors (Lipinski definition) is 3. The number of nitrogens with two attached hydrogens (primary N) is 1. The Bertz CT molecular complexity index is 1490. The number of nitrogens with zero attached hydrogens (tertiary/aromatic N) is 1. The van der Waals surface area contributed by atoms with Crippen molar-refractivity contribution >= 4 is 29.0 Å². The highest BCUT2D eigenvalue weighted by atomic mass is 16.3. The number of phenolic OH excluding ortho intramolecular Hbond substituents is 1. The normalized spacial score (nSPS) is 29.7. The molecule has 2 fully saturated rings. The summed E-state index contributed by atoms with van der Waals surface area (Å²) in [6, 6.07) is 11.4. The number of Topliss-reactive ketones (excluding diaryl/α,β-unsaturated/α-hetero) is 4. The SMILES string of the molecule is CN(C)[C@H]1C(=O)C(C(N)=O)C(=O)[C@]2(O)C(=O)C3C(=O)c4c(O)ccc(C#CCc5ccccc5)c4C[C@@H]3C[C@H]12. The van der Waals surface area contributed by atoms with Crippen molar-refractivity contribution in [2.75, 3.05) is 14.1 Å². The van der Waals surface area contributed by atoms with E-state index in [0.717, 1.165) is 5.56 Å². The standard InChI is InChI=1S/C30H28N2O7/c1-32(2)24-19-14-17-13-18-16(10-6-9-15-7-4-3-5-8-15)11-12-20(33)22(18)25(34)21(17)27(36)30(19,39)28(37)23(26(24)35)29(31)38/h3-5,7-8,11-12,17,19,21,23-24,33,39H,9,13-14H2,1-2H3,(H2,31,38)/t17-,19-,21?,23?,24-,30-/m1/s1. The molecule has 3 aliphatic carbocycles. The number of carbonyl (C=O) groups is 5. The monoisotopic (exact) mass is 528 g/mol. The molecule has 0 aromatic heterocycles. The van der Waals surface area contributed by atoms with Crippen molar-refractivity contribution in [3.05, 3.63) is 64.7 Å². The third kappa shape index (κ3) is 3.99. The molecule has 0 spiro atoms. The number of fused-ring (bicyclic) bond motifs is 3. The molecule has 2 aromatic rings. The number of aliphatic hydroxyl groups is 1. The molecule has 0 aliphatic heterocycles. The van der Waals surface area contributed by atoms with Gasteiger partial charge in [-0.25, -0.2) is 0 Å². The number of hydrogen-bond acceptors (Lipinski definition) is 8. The van der Waals surface area contributed by atoms with Crippen molar-refractivity contribution in [1.29, 1.82) is 0 Å². The maximum absolute atomic E-state index is 13.8. The predicted molar refractivity (Wildman–Crippen MR) is 138 cm³/mol. The van der Waals surface area contributed by atoms with Crippen LogP contribution in [0.1, 0.15) is 33.5 Å². The molecule has 9 heteroatoms. The van der Waals surface area contributed by atoms with Gasteiger partial charge in [0.2, 0.25) is 5.91 Å². The van der Waals surface area contributed by atoms with E-state index >= 15 is 0 Å². The Morgan fingerprint density at radius 3 is 2.41 bits per heavy atom. The van der Waals surface area contributed by atoms with Crippen molar-refractivity contribution in [3.8, 4) is 17.6 Å². The van der Waals surface area contributed by atoms with Gasteiger partial charge in [0.25, 0.3) is 0 Å². The van der Waals surface area contributed by atoms with Gasteiger partial charge in [-0.1, -0.05) is 42.2 Å². The van der Waals surface area contributed by atoms with Crippen molar-refractivity contribution < 1.29 is 34.2 Å². The Kier molecular flexibility index (Phi) is 6.49. The fourth-order valence-corrected chi connectivity index (χ4v) is 6.56. The Morgan fingerprint density at radius 1 is 1.08 bits per heavy atom. The molecule has 200 valence electrons. The summed E-state index contributed by atoms with van der Waals surface area (Å²) in [5.41, 5.74) is 4.58. The lowest BCUT2D eigenvalue weighted by Gasteiger charge is -2.52. The molecular weight excluding hydrogens is 500 g/mol. The molecule has 0 radical (unpaired) electrons. The van der Waals surface area contributed by atoms with Crippen molar-refractivity contribution in [1.82, 2.24) is 4.90 Å². The van der Waals surface area contributed by atoms with E-state index in [9.17, 15) is 34.2 Å². The highest BCUT2D eigenvalue weighted by Gasteiger charge is 2.69. The second-order valence-corrected chi connectivity index (χ2v) is 10.7. The number of amides is 1. The van der Waals surface area contributed by atoms with Gasteiger partial charge in [-0.15, -0.1) is 0 Å². The lowest BCUT2D eigenvalue weighted by atomic mass is 9.52. The molecular formula is C30H28N2O7. The molecule has 6 atom stereocenters. The van der Waals surface area contributed by atoms with E-state index < -0.39 is 64.4 Å². The number of rotatable bonds is 3. The van der Waals surface area contributed by atoms with Gasteiger partial charge in [-0.05, 0) is 56.1 Å². The first-order valence-corrected chi connectivity index (χ1v) is 12.7. The second kappa shape index (κ2) is 9.56. The largest absolute Gasteiger partial charge is 0.507 e. The first-order chi connectivity index (χ1) is 18.5. The molecule has 3 aliphatic rings. The summed E-state index contributed by atoms with van der Waals surface area (Å²) in [5, 5.41) is 22.2. The first-order valence-electron chi connectivity index (χ1n) is 12.7. The third-order valence-corrected chi connectivity index (χ3v) is 8.30. The zero-order valence-corrected chi connectivity index (χ0v) is 21.5. The van der Waals surface area contributed by atoms with E-state index in [2.05, 4.69) is 11.8 Å². The van der Waals surface area contributed by atoms with Crippen molar-refractivity contribution in [3.63, 3.8) is 0 Å². The van der Waals surface area contributed by atoms with Crippen molar-refractivity contribution in [2.45, 2.75) is 30.9 Å². The van der Waals surface area contributed by atoms with Crippen LogP contribution in [0.15, 0.2) is 42.5 Å². The van der Waals surface area contributed by atoms with E-state index in [0.29, 0.717) is 17.5 Å². The molecule has 2 aromatic carbocycles. The van der Waals surface area contributed by atoms with Gasteiger partial charge in [0.1, 0.15) is 5.75 Å². The smallest absolute Gasteiger partial charge is 0.235 e. The molecule has 2 unspecified atom stereocenters. The van der Waals surface area contributed by atoms with Gasteiger partial charge in [-0.2, -0.15) is 0 Å². The zero-order chi connectivity index (χ0) is 28.2. The maximum Gasteiger partial charge on any atom is 0.235 e. The minimum atomic E-state index is -2.74. The predicted octanol–water partition coefficient (Wildman–Crippen LogP) is 0.461. The van der Waals surface area contributed by atoms with Crippen LogP contribution in [0.2, 0.25) is 0 Å². The fourth-order valence-electron chi connectivity index (χ4n) is 6.56. The summed E-state index contributed by atoms with van der Waals surface area (Å²) in [7, 11) is 3.10. The van der Waals surface area contributed by atoms with E-state index in [1.54, 1.807) is 20.2 Å². The van der Waals surface area contributed by atoms with Gasteiger partial charge >= 0.3 is 0 Å². The Balaban J connectivity index is 1.57. The molecule has 2 saturated carbocycles. The van der Waals surface area contributed by atoms with Crippen LogP contribution in [-0.4, -0.2) is 69.9 Å². The average molecular weight is 529 g/mol. The number of ketones is 4. The number of phenols is 1. The van der Waals surface area contributed by atoms with Crippen LogP contribution in [0.3, 0.4) is 0 Å². The van der Waals surface area contributed by atoms with E-state index in [1.807, 2.05) is 30.3 Å². The molecule has 0 saturated heterocycles. The Morgan fingerprint density at radius 2 is 1.77 bits per heavy atom. The lowest BCUT2D eigenvalue weighted by Crippen LogP contribution is -2.74. The summed E-state index contributed by atoms with van der Waals surface area (Å²) in [6.07, 6.45) is 0.645. The van der Waals surface area contributed by atoms with Crippen LogP contribution >= 0.6 is 0 Å². The molecule has 5 rings (SSSR count). The number of primary amides is 1. The average Bonchev–Trinajstić information content (AvgIpc) is 2.87. The lowest BCUT2D eigenvalue weighted by molar-refractivity contribution is -0.181. The number of benzene rings is 2. The summed E-state index contributed by atoms with van der Waals surface area (Å²) >= 11 is 0. The molecule has 0 bridgehead atoms. The van der Waals surface area contributed by atoms with Crippen LogP contribution in [-0.2, 0) is 32.0 Å². The third-order valence-electron chi connectivity index (χ3n) is 8.30. The maximum atomic E-state index is 13.8. The van der Waals surface area contributed by atoms with Gasteiger partial charge in [0.15, 0.2) is 34.7 Å². The minimum absolute atomic E-state index is 0.00354. The highest BCUT2D eigenvalue weighted by molar-refractivity contribution is 6.32. The van der Waals surface area contributed by atoms with E-state index in [4.69, 9.17) is 5.73 Å². The number of aromatic hydroxyl groups is 1. The van der Waals surface area contributed by atoms with E-state index in [-0.39, 0.29) is 24.2 Å². The van der Waals surface area contributed by atoms with Crippen LogP contribution in [0.4, 0.5) is 0 Å². The van der Waals surface area contributed by atoms with Crippen LogP contribution in [0, 0.1) is 35.5 Å². The molecule has 0 heterocycles. The minimum Gasteiger partial charge on any atom is -0.507 e. The first kappa shape index (κ1) is 26.5. The fraction of sp³-hybridized carbons (Fsp3) is 0.367. The quantitative estimate of drug-likeness (QED) is 0.383.